The van der Waals surface area contributed by atoms with E-state index in [1.165, 1.54) is 7.11 Å². The van der Waals surface area contributed by atoms with E-state index < -0.39 is 5.97 Å². The van der Waals surface area contributed by atoms with Crippen LogP contribution in [-0.2, 0) is 9.53 Å². The van der Waals surface area contributed by atoms with Gasteiger partial charge in [0.2, 0.25) is 0 Å². The number of nitrogens with zero attached hydrogens (tertiary/aromatic N) is 1. The fraction of sp³-hybridized carbons (Fsp3) is 0.125. The van der Waals surface area contributed by atoms with Crippen LogP contribution < -0.4 is 4.74 Å². The van der Waals surface area contributed by atoms with Gasteiger partial charge in [-0.05, 0) is 36.4 Å². The van der Waals surface area contributed by atoms with Gasteiger partial charge in [-0.2, -0.15) is 0 Å². The van der Waals surface area contributed by atoms with Crippen LogP contribution in [-0.4, -0.2) is 29.7 Å². The molecule has 2 aromatic carbocycles. The first-order valence-corrected chi connectivity index (χ1v) is 6.51. The number of para-hydroxylation sites is 2. The van der Waals surface area contributed by atoms with Gasteiger partial charge < -0.3 is 14.5 Å². The van der Waals surface area contributed by atoms with Crippen molar-refractivity contribution in [3.05, 3.63) is 48.5 Å². The molecule has 0 atom stereocenters. The van der Waals surface area contributed by atoms with Crippen LogP contribution in [0.2, 0.25) is 0 Å². The van der Waals surface area contributed by atoms with E-state index >= 15 is 0 Å². The number of rotatable bonds is 4. The molecule has 0 saturated carbocycles. The molecule has 0 aliphatic rings. The van der Waals surface area contributed by atoms with Crippen LogP contribution in [0.15, 0.2) is 48.5 Å². The quantitative estimate of drug-likeness (QED) is 0.747. The van der Waals surface area contributed by atoms with Crippen molar-refractivity contribution in [3.63, 3.8) is 0 Å². The summed E-state index contributed by atoms with van der Waals surface area (Å²) in [4.78, 5) is 18.8. The van der Waals surface area contributed by atoms with Crippen molar-refractivity contribution >= 4 is 17.0 Å². The highest BCUT2D eigenvalue weighted by atomic mass is 16.6. The van der Waals surface area contributed by atoms with Crippen molar-refractivity contribution in [3.8, 4) is 17.1 Å². The lowest BCUT2D eigenvalue weighted by molar-refractivity contribution is -0.142. The summed E-state index contributed by atoms with van der Waals surface area (Å²) in [5.74, 6) is 1.01. The molecule has 0 aliphatic heterocycles. The number of hydrogen-bond acceptors (Lipinski definition) is 4. The summed E-state index contributed by atoms with van der Waals surface area (Å²) in [5.41, 5.74) is 2.88. The van der Waals surface area contributed by atoms with Crippen molar-refractivity contribution in [2.75, 3.05) is 13.7 Å². The van der Waals surface area contributed by atoms with Gasteiger partial charge in [-0.25, -0.2) is 9.78 Å². The van der Waals surface area contributed by atoms with Crippen molar-refractivity contribution in [1.82, 2.24) is 9.97 Å². The molecule has 0 aliphatic carbocycles. The normalized spacial score (nSPS) is 10.5. The highest BCUT2D eigenvalue weighted by molar-refractivity contribution is 5.79. The number of carbonyl (C=O) groups is 1. The van der Waals surface area contributed by atoms with E-state index in [4.69, 9.17) is 4.74 Å². The summed E-state index contributed by atoms with van der Waals surface area (Å²) in [7, 11) is 1.33. The second-order valence-electron chi connectivity index (χ2n) is 4.49. The number of imidazole rings is 1. The average molecular weight is 282 g/mol. The van der Waals surface area contributed by atoms with Crippen molar-refractivity contribution in [1.29, 1.82) is 0 Å². The van der Waals surface area contributed by atoms with Crippen molar-refractivity contribution in [2.24, 2.45) is 0 Å². The minimum Gasteiger partial charge on any atom is -0.482 e. The number of methoxy groups -OCH3 is 1. The Morgan fingerprint density at radius 3 is 2.62 bits per heavy atom. The first kappa shape index (κ1) is 13.2. The molecule has 5 heteroatoms. The number of aromatic amines is 1. The highest BCUT2D eigenvalue weighted by Crippen LogP contribution is 2.22. The molecule has 1 heterocycles. The second kappa shape index (κ2) is 5.66. The number of nitrogens with one attached hydrogen (secondary N) is 1. The van der Waals surface area contributed by atoms with E-state index in [1.54, 1.807) is 12.1 Å². The van der Waals surface area contributed by atoms with Crippen LogP contribution in [0.3, 0.4) is 0 Å². The molecule has 21 heavy (non-hydrogen) atoms. The van der Waals surface area contributed by atoms with Crippen molar-refractivity contribution < 1.29 is 14.3 Å². The maximum Gasteiger partial charge on any atom is 0.343 e. The number of fused-ring (bicyclic) bond motifs is 1. The molecule has 3 rings (SSSR count). The predicted octanol–water partition coefficient (Wildman–Crippen LogP) is 2.78. The molecule has 0 fully saturated rings. The molecule has 3 aromatic rings. The number of benzene rings is 2. The van der Waals surface area contributed by atoms with Gasteiger partial charge in [-0.15, -0.1) is 0 Å². The molecule has 0 radical (unpaired) electrons. The van der Waals surface area contributed by atoms with E-state index in [1.807, 2.05) is 36.4 Å². The Kier molecular flexibility index (Phi) is 3.55. The Hall–Kier alpha value is -2.82. The number of hydrogen-bond donors (Lipinski definition) is 1. The second-order valence-corrected chi connectivity index (χ2v) is 4.49. The molecule has 106 valence electrons. The maximum atomic E-state index is 11.0. The number of ether oxygens (including phenoxy) is 2. The first-order chi connectivity index (χ1) is 10.3. The molecule has 0 unspecified atom stereocenters. The summed E-state index contributed by atoms with van der Waals surface area (Å²) in [6.07, 6.45) is 0. The Balaban J connectivity index is 1.78. The van der Waals surface area contributed by atoms with Crippen LogP contribution in [0, 0.1) is 0 Å². The number of carbonyl (C=O) groups excluding carboxylic acids is 1. The smallest absolute Gasteiger partial charge is 0.343 e. The summed E-state index contributed by atoms with van der Waals surface area (Å²) in [6, 6.07) is 15.2. The lowest BCUT2D eigenvalue weighted by Crippen LogP contribution is -2.12. The van der Waals surface area contributed by atoms with Crippen LogP contribution in [0.5, 0.6) is 5.75 Å². The van der Waals surface area contributed by atoms with Crippen LogP contribution in [0.25, 0.3) is 22.4 Å². The third-order valence-corrected chi connectivity index (χ3v) is 3.10. The molecule has 0 saturated heterocycles. The number of aromatic nitrogens is 2. The van der Waals surface area contributed by atoms with Gasteiger partial charge >= 0.3 is 5.97 Å². The summed E-state index contributed by atoms with van der Waals surface area (Å²) in [5, 5.41) is 0. The van der Waals surface area contributed by atoms with Crippen LogP contribution in [0.1, 0.15) is 0 Å². The monoisotopic (exact) mass is 282 g/mol. The molecular weight excluding hydrogens is 268 g/mol. The molecule has 1 N–H and O–H groups in total. The minimum absolute atomic E-state index is 0.0967. The third-order valence-electron chi connectivity index (χ3n) is 3.10. The standard InChI is InChI=1S/C16H14N2O3/c1-20-15(19)10-21-12-8-6-11(7-9-12)16-17-13-4-2-3-5-14(13)18-16/h2-9H,10H2,1H3,(H,17,18). The molecular formula is C16H14N2O3. The zero-order valence-corrected chi connectivity index (χ0v) is 11.5. The number of esters is 1. The largest absolute Gasteiger partial charge is 0.482 e. The lowest BCUT2D eigenvalue weighted by Gasteiger charge is -2.05. The third kappa shape index (κ3) is 2.86. The minimum atomic E-state index is -0.406. The number of H-pyrrole nitrogens is 1. The lowest BCUT2D eigenvalue weighted by atomic mass is 10.2. The Morgan fingerprint density at radius 2 is 1.90 bits per heavy atom. The molecule has 0 amide bonds. The molecule has 0 spiro atoms. The van der Waals surface area contributed by atoms with Gasteiger partial charge in [0.05, 0.1) is 18.1 Å². The fourth-order valence-electron chi connectivity index (χ4n) is 2.00. The van der Waals surface area contributed by atoms with Gasteiger partial charge in [0.15, 0.2) is 6.61 Å². The fourth-order valence-corrected chi connectivity index (χ4v) is 2.00. The zero-order chi connectivity index (χ0) is 14.7. The van der Waals surface area contributed by atoms with Gasteiger partial charge in [-0.3, -0.25) is 0 Å². The molecule has 1 aromatic heterocycles. The van der Waals surface area contributed by atoms with Crippen LogP contribution in [0.4, 0.5) is 0 Å². The van der Waals surface area contributed by atoms with E-state index in [2.05, 4.69) is 14.7 Å². The Bertz CT molecular complexity index is 730. The zero-order valence-electron chi connectivity index (χ0n) is 11.5. The van der Waals surface area contributed by atoms with Crippen molar-refractivity contribution in [2.45, 2.75) is 0 Å². The maximum absolute atomic E-state index is 11.0. The summed E-state index contributed by atoms with van der Waals surface area (Å²) >= 11 is 0. The Morgan fingerprint density at radius 1 is 1.14 bits per heavy atom. The first-order valence-electron chi connectivity index (χ1n) is 6.51. The predicted molar refractivity (Wildman–Crippen MR) is 79.0 cm³/mol. The molecule has 5 nitrogen and oxygen atoms in total. The topological polar surface area (TPSA) is 64.2 Å². The molecule has 0 bridgehead atoms. The van der Waals surface area contributed by atoms with Gasteiger partial charge in [0.1, 0.15) is 11.6 Å². The van der Waals surface area contributed by atoms with Crippen LogP contribution >= 0.6 is 0 Å². The highest BCUT2D eigenvalue weighted by Gasteiger charge is 2.06. The van der Waals surface area contributed by atoms with Gasteiger partial charge in [0.25, 0.3) is 0 Å². The average Bonchev–Trinajstić information content (AvgIpc) is 2.97. The van der Waals surface area contributed by atoms with E-state index in [0.717, 1.165) is 22.4 Å². The summed E-state index contributed by atoms with van der Waals surface area (Å²) < 4.78 is 9.82. The van der Waals surface area contributed by atoms with E-state index in [0.29, 0.717) is 5.75 Å². The summed E-state index contributed by atoms with van der Waals surface area (Å²) in [6.45, 7) is -0.0967. The van der Waals surface area contributed by atoms with E-state index in [9.17, 15) is 4.79 Å². The Labute approximate surface area is 121 Å². The van der Waals surface area contributed by atoms with Gasteiger partial charge in [0, 0.05) is 5.56 Å². The SMILES string of the molecule is COC(=O)COc1ccc(-c2nc3ccccc3[nH]2)cc1. The van der Waals surface area contributed by atoms with Gasteiger partial charge in [-0.1, -0.05) is 12.1 Å². The van der Waals surface area contributed by atoms with E-state index in [-0.39, 0.29) is 6.61 Å².